The van der Waals surface area contributed by atoms with Crippen molar-refractivity contribution < 1.29 is 0 Å². The summed E-state index contributed by atoms with van der Waals surface area (Å²) in [5.41, 5.74) is 0. The van der Waals surface area contributed by atoms with Crippen LogP contribution in [0.5, 0.6) is 0 Å². The van der Waals surface area contributed by atoms with Crippen LogP contribution in [0.15, 0.2) is 12.1 Å². The second-order valence-electron chi connectivity index (χ2n) is 3.97. The first kappa shape index (κ1) is 10.3. The number of aromatic amines is 1. The van der Waals surface area contributed by atoms with Crippen LogP contribution in [0.2, 0.25) is 0 Å². The zero-order chi connectivity index (χ0) is 10.8. The predicted octanol–water partition coefficient (Wildman–Crippen LogP) is 2.69. The van der Waals surface area contributed by atoms with Crippen LogP contribution in [0.3, 0.4) is 0 Å². The number of thiophene rings is 1. The van der Waals surface area contributed by atoms with E-state index in [1.807, 2.05) is 0 Å². The summed E-state index contributed by atoms with van der Waals surface area (Å²) in [5, 5.41) is 14.0. The van der Waals surface area contributed by atoms with Gasteiger partial charge in [-0.15, -0.1) is 21.5 Å². The molecule has 4 nitrogen and oxygen atoms in total. The van der Waals surface area contributed by atoms with Crippen molar-refractivity contribution >= 4 is 11.3 Å². The van der Waals surface area contributed by atoms with Crippen LogP contribution in [0.4, 0.5) is 0 Å². The van der Waals surface area contributed by atoms with Crippen molar-refractivity contribution in [1.29, 1.82) is 0 Å². The SMILES string of the molecule is CC(C)C(C)c1ccc(-c2nn[nH]n2)s1. The number of tetrazole rings is 1. The standard InChI is InChI=1S/C10H14N4S/c1-6(2)7(3)8-4-5-9(15-8)10-11-13-14-12-10/h4-7H,1-3H3,(H,11,12,13,14). The zero-order valence-corrected chi connectivity index (χ0v) is 9.88. The van der Waals surface area contributed by atoms with E-state index in [1.165, 1.54) is 4.88 Å². The molecule has 0 saturated heterocycles. The fourth-order valence-electron chi connectivity index (χ4n) is 1.31. The van der Waals surface area contributed by atoms with Gasteiger partial charge in [0.05, 0.1) is 4.88 Å². The van der Waals surface area contributed by atoms with E-state index in [2.05, 4.69) is 53.5 Å². The number of hydrogen-bond acceptors (Lipinski definition) is 4. The second-order valence-corrected chi connectivity index (χ2v) is 5.09. The van der Waals surface area contributed by atoms with E-state index in [1.54, 1.807) is 11.3 Å². The van der Waals surface area contributed by atoms with E-state index < -0.39 is 0 Å². The molecule has 2 rings (SSSR count). The smallest absolute Gasteiger partial charge is 0.177 e. The van der Waals surface area contributed by atoms with Gasteiger partial charge in [0.25, 0.3) is 0 Å². The van der Waals surface area contributed by atoms with Gasteiger partial charge < -0.3 is 0 Å². The summed E-state index contributed by atoms with van der Waals surface area (Å²) in [6, 6.07) is 4.21. The number of hydrogen-bond donors (Lipinski definition) is 1. The first-order valence-electron chi connectivity index (χ1n) is 5.02. The van der Waals surface area contributed by atoms with Gasteiger partial charge in [-0.2, -0.15) is 5.21 Å². The van der Waals surface area contributed by atoms with Crippen LogP contribution in [0.1, 0.15) is 31.6 Å². The van der Waals surface area contributed by atoms with Gasteiger partial charge in [-0.3, -0.25) is 0 Å². The van der Waals surface area contributed by atoms with E-state index in [-0.39, 0.29) is 0 Å². The minimum absolute atomic E-state index is 0.579. The van der Waals surface area contributed by atoms with Crippen LogP contribution >= 0.6 is 11.3 Å². The van der Waals surface area contributed by atoms with Crippen LogP contribution in [-0.2, 0) is 0 Å². The van der Waals surface area contributed by atoms with Crippen molar-refractivity contribution in [3.63, 3.8) is 0 Å². The third-order valence-corrected chi connectivity index (χ3v) is 3.92. The molecule has 1 N–H and O–H groups in total. The number of rotatable bonds is 3. The average molecular weight is 222 g/mol. The van der Waals surface area contributed by atoms with Crippen molar-refractivity contribution in [2.45, 2.75) is 26.7 Å². The Labute approximate surface area is 92.7 Å². The van der Waals surface area contributed by atoms with Gasteiger partial charge in [-0.05, 0) is 29.2 Å². The lowest BCUT2D eigenvalue weighted by Crippen LogP contribution is -1.98. The van der Waals surface area contributed by atoms with E-state index in [0.29, 0.717) is 17.7 Å². The molecule has 5 heteroatoms. The lowest BCUT2D eigenvalue weighted by molar-refractivity contribution is 0.542. The Balaban J connectivity index is 2.25. The monoisotopic (exact) mass is 222 g/mol. The number of aromatic nitrogens is 4. The first-order chi connectivity index (χ1) is 7.18. The Morgan fingerprint density at radius 3 is 2.67 bits per heavy atom. The highest BCUT2D eigenvalue weighted by Crippen LogP contribution is 2.33. The lowest BCUT2D eigenvalue weighted by Gasteiger charge is -2.12. The average Bonchev–Trinajstić information content (AvgIpc) is 2.86. The van der Waals surface area contributed by atoms with Gasteiger partial charge in [-0.1, -0.05) is 20.8 Å². The van der Waals surface area contributed by atoms with Gasteiger partial charge in [0, 0.05) is 4.88 Å². The van der Waals surface area contributed by atoms with Gasteiger partial charge in [0.15, 0.2) is 0 Å². The molecule has 2 aromatic rings. The molecule has 0 aliphatic rings. The van der Waals surface area contributed by atoms with Crippen LogP contribution in [0.25, 0.3) is 10.7 Å². The fourth-order valence-corrected chi connectivity index (χ4v) is 2.47. The maximum Gasteiger partial charge on any atom is 0.214 e. The number of nitrogens with zero attached hydrogens (tertiary/aromatic N) is 3. The molecule has 1 unspecified atom stereocenters. The molecule has 0 aliphatic carbocycles. The Bertz CT molecular complexity index is 418. The molecule has 0 amide bonds. The van der Waals surface area contributed by atoms with Gasteiger partial charge >= 0.3 is 0 Å². The highest BCUT2D eigenvalue weighted by atomic mass is 32.1. The Morgan fingerprint density at radius 2 is 2.07 bits per heavy atom. The van der Waals surface area contributed by atoms with Crippen molar-refractivity contribution in [2.24, 2.45) is 5.92 Å². The van der Waals surface area contributed by atoms with Crippen molar-refractivity contribution in [3.8, 4) is 10.7 Å². The summed E-state index contributed by atoms with van der Waals surface area (Å²) in [4.78, 5) is 2.45. The van der Waals surface area contributed by atoms with Crippen LogP contribution in [0, 0.1) is 5.92 Å². The van der Waals surface area contributed by atoms with E-state index >= 15 is 0 Å². The largest absolute Gasteiger partial charge is 0.214 e. The quantitative estimate of drug-likeness (QED) is 0.868. The van der Waals surface area contributed by atoms with Crippen LogP contribution in [-0.4, -0.2) is 20.6 Å². The maximum atomic E-state index is 3.97. The van der Waals surface area contributed by atoms with Gasteiger partial charge in [-0.25, -0.2) is 0 Å². The van der Waals surface area contributed by atoms with E-state index in [0.717, 1.165) is 4.88 Å². The third-order valence-electron chi connectivity index (χ3n) is 2.64. The molecule has 80 valence electrons. The Morgan fingerprint density at radius 1 is 1.27 bits per heavy atom. The Hall–Kier alpha value is -1.23. The molecular formula is C10H14N4S. The molecule has 0 aliphatic heterocycles. The molecule has 0 fully saturated rings. The molecular weight excluding hydrogens is 208 g/mol. The molecule has 1 atom stereocenters. The van der Waals surface area contributed by atoms with Crippen molar-refractivity contribution in [3.05, 3.63) is 17.0 Å². The van der Waals surface area contributed by atoms with Crippen LogP contribution < -0.4 is 0 Å². The fraction of sp³-hybridized carbons (Fsp3) is 0.500. The van der Waals surface area contributed by atoms with Gasteiger partial charge in [0.1, 0.15) is 0 Å². The molecule has 2 heterocycles. The van der Waals surface area contributed by atoms with E-state index in [9.17, 15) is 0 Å². The highest BCUT2D eigenvalue weighted by molar-refractivity contribution is 7.15. The summed E-state index contributed by atoms with van der Waals surface area (Å²) in [5.74, 6) is 1.92. The summed E-state index contributed by atoms with van der Waals surface area (Å²) in [6.07, 6.45) is 0. The predicted molar refractivity (Wildman–Crippen MR) is 60.7 cm³/mol. The molecule has 0 radical (unpaired) electrons. The molecule has 15 heavy (non-hydrogen) atoms. The normalized spacial score (nSPS) is 13.3. The zero-order valence-electron chi connectivity index (χ0n) is 9.06. The summed E-state index contributed by atoms with van der Waals surface area (Å²) in [6.45, 7) is 6.72. The summed E-state index contributed by atoms with van der Waals surface area (Å²) < 4.78 is 0. The number of H-pyrrole nitrogens is 1. The lowest BCUT2D eigenvalue weighted by atomic mass is 9.97. The maximum absolute atomic E-state index is 3.97. The molecule has 2 aromatic heterocycles. The second kappa shape index (κ2) is 4.10. The first-order valence-corrected chi connectivity index (χ1v) is 5.83. The third kappa shape index (κ3) is 2.07. The van der Waals surface area contributed by atoms with Crippen molar-refractivity contribution in [1.82, 2.24) is 20.6 Å². The minimum atomic E-state index is 0.579. The molecule has 0 aromatic carbocycles. The van der Waals surface area contributed by atoms with E-state index in [4.69, 9.17) is 0 Å². The topological polar surface area (TPSA) is 54.5 Å². The highest BCUT2D eigenvalue weighted by Gasteiger charge is 2.14. The number of nitrogens with one attached hydrogen (secondary N) is 1. The van der Waals surface area contributed by atoms with Gasteiger partial charge in [0.2, 0.25) is 5.82 Å². The molecule has 0 saturated carbocycles. The minimum Gasteiger partial charge on any atom is -0.177 e. The van der Waals surface area contributed by atoms with Crippen molar-refractivity contribution in [2.75, 3.05) is 0 Å². The summed E-state index contributed by atoms with van der Waals surface area (Å²) >= 11 is 1.74. The summed E-state index contributed by atoms with van der Waals surface area (Å²) in [7, 11) is 0. The molecule has 0 spiro atoms. The Kier molecular flexibility index (Phi) is 2.81. The molecule has 0 bridgehead atoms.